The van der Waals surface area contributed by atoms with Crippen molar-refractivity contribution in [3.63, 3.8) is 0 Å². The van der Waals surface area contributed by atoms with Gasteiger partial charge in [-0.25, -0.2) is 9.37 Å². The second-order valence-electron chi connectivity index (χ2n) is 6.44. The van der Waals surface area contributed by atoms with Crippen LogP contribution in [0.3, 0.4) is 0 Å². The summed E-state index contributed by atoms with van der Waals surface area (Å²) in [5.74, 6) is 1.75. The van der Waals surface area contributed by atoms with Crippen LogP contribution in [0.25, 0.3) is 0 Å². The molecule has 0 radical (unpaired) electrons. The van der Waals surface area contributed by atoms with Crippen molar-refractivity contribution in [2.24, 2.45) is 5.92 Å². The number of hydrogen-bond donors (Lipinski definition) is 0. The van der Waals surface area contributed by atoms with Crippen molar-refractivity contribution in [2.45, 2.75) is 32.7 Å². The Hall–Kier alpha value is -2.37. The summed E-state index contributed by atoms with van der Waals surface area (Å²) >= 11 is 0. The van der Waals surface area contributed by atoms with Crippen LogP contribution in [-0.4, -0.2) is 40.1 Å². The van der Waals surface area contributed by atoms with Gasteiger partial charge in [0.25, 0.3) is 0 Å². The van der Waals surface area contributed by atoms with Crippen molar-refractivity contribution >= 4 is 5.91 Å². The maximum absolute atomic E-state index is 12.9. The smallest absolute Gasteiger partial charge is 0.242 e. The van der Waals surface area contributed by atoms with Gasteiger partial charge in [-0.2, -0.15) is 0 Å². The maximum atomic E-state index is 12.9. The summed E-state index contributed by atoms with van der Waals surface area (Å²) < 4.78 is 20.6. The van der Waals surface area contributed by atoms with Gasteiger partial charge in [0.2, 0.25) is 5.91 Å². The van der Waals surface area contributed by atoms with E-state index in [-0.39, 0.29) is 11.7 Å². The van der Waals surface area contributed by atoms with E-state index in [2.05, 4.69) is 4.98 Å². The molecule has 0 aliphatic carbocycles. The number of rotatable bonds is 6. The van der Waals surface area contributed by atoms with E-state index in [9.17, 15) is 9.18 Å². The fraction of sp³-hybridized carbons (Fsp3) is 0.474. The zero-order chi connectivity index (χ0) is 17.6. The van der Waals surface area contributed by atoms with Crippen LogP contribution in [0.15, 0.2) is 36.7 Å². The lowest BCUT2D eigenvalue weighted by molar-refractivity contribution is -0.133. The highest BCUT2D eigenvalue weighted by molar-refractivity contribution is 5.76. The first-order valence-electron chi connectivity index (χ1n) is 8.82. The van der Waals surface area contributed by atoms with Crippen LogP contribution in [0.1, 0.15) is 25.6 Å². The number of carbonyl (C=O) groups is 1. The number of piperidine rings is 1. The summed E-state index contributed by atoms with van der Waals surface area (Å²) in [5, 5.41) is 0. The Kier molecular flexibility index (Phi) is 5.68. The number of hydrogen-bond acceptors (Lipinski definition) is 3. The molecule has 1 fully saturated rings. The SMILES string of the molecule is CCc1nccn1CC(=O)N1CCC[C@@H](COc2ccc(F)cc2)C1. The highest BCUT2D eigenvalue weighted by Crippen LogP contribution is 2.19. The van der Waals surface area contributed by atoms with Crippen molar-refractivity contribution in [1.29, 1.82) is 0 Å². The zero-order valence-electron chi connectivity index (χ0n) is 14.5. The Morgan fingerprint density at radius 3 is 2.92 bits per heavy atom. The van der Waals surface area contributed by atoms with E-state index < -0.39 is 0 Å². The van der Waals surface area contributed by atoms with Gasteiger partial charge in [-0.05, 0) is 37.1 Å². The molecule has 1 aliphatic heterocycles. The van der Waals surface area contributed by atoms with Crippen LogP contribution >= 0.6 is 0 Å². The standard InChI is InChI=1S/C19H24FN3O2/c1-2-18-21-9-11-22(18)13-19(24)23-10-3-4-15(12-23)14-25-17-7-5-16(20)6-8-17/h5-9,11,15H,2-4,10,12-14H2,1H3/t15-/m1/s1. The first-order valence-corrected chi connectivity index (χ1v) is 8.82. The molecular formula is C19H24FN3O2. The van der Waals surface area contributed by atoms with E-state index in [1.165, 1.54) is 12.1 Å². The first kappa shape index (κ1) is 17.5. The van der Waals surface area contributed by atoms with Gasteiger partial charge in [-0.3, -0.25) is 4.79 Å². The number of aryl methyl sites for hydroxylation is 1. The lowest BCUT2D eigenvalue weighted by atomic mass is 9.99. The average molecular weight is 345 g/mol. The van der Waals surface area contributed by atoms with Crippen LogP contribution < -0.4 is 4.74 Å². The molecule has 1 aromatic carbocycles. The van der Waals surface area contributed by atoms with Crippen molar-refractivity contribution in [2.75, 3.05) is 19.7 Å². The Morgan fingerprint density at radius 1 is 1.36 bits per heavy atom. The number of carbonyl (C=O) groups excluding carboxylic acids is 1. The zero-order valence-corrected chi connectivity index (χ0v) is 14.5. The molecule has 3 rings (SSSR count). The van der Waals surface area contributed by atoms with E-state index in [1.807, 2.05) is 22.6 Å². The van der Waals surface area contributed by atoms with Gasteiger partial charge in [0, 0.05) is 37.8 Å². The van der Waals surface area contributed by atoms with Crippen molar-refractivity contribution in [1.82, 2.24) is 14.5 Å². The molecule has 6 heteroatoms. The molecule has 1 aliphatic rings. The molecule has 1 amide bonds. The van der Waals surface area contributed by atoms with Gasteiger partial charge in [-0.1, -0.05) is 6.92 Å². The van der Waals surface area contributed by atoms with Gasteiger partial charge in [0.15, 0.2) is 0 Å². The van der Waals surface area contributed by atoms with E-state index in [0.717, 1.165) is 31.6 Å². The Morgan fingerprint density at radius 2 is 2.16 bits per heavy atom. The third kappa shape index (κ3) is 4.59. The number of aromatic nitrogens is 2. The van der Waals surface area contributed by atoms with Crippen LogP contribution in [0.5, 0.6) is 5.75 Å². The molecular weight excluding hydrogens is 321 g/mol. The van der Waals surface area contributed by atoms with Gasteiger partial charge in [0.05, 0.1) is 6.61 Å². The van der Waals surface area contributed by atoms with Crippen molar-refractivity contribution in [3.05, 3.63) is 48.3 Å². The molecule has 134 valence electrons. The van der Waals surface area contributed by atoms with Gasteiger partial charge >= 0.3 is 0 Å². The number of benzene rings is 1. The number of amides is 1. The number of likely N-dealkylation sites (tertiary alicyclic amines) is 1. The number of imidazole rings is 1. The average Bonchev–Trinajstić information content (AvgIpc) is 3.08. The quantitative estimate of drug-likeness (QED) is 0.809. The summed E-state index contributed by atoms with van der Waals surface area (Å²) in [6.45, 7) is 4.42. The largest absolute Gasteiger partial charge is 0.493 e. The Balaban J connectivity index is 1.51. The minimum absolute atomic E-state index is 0.124. The Bertz CT molecular complexity index is 699. The molecule has 0 bridgehead atoms. The molecule has 0 N–H and O–H groups in total. The molecule has 0 unspecified atom stereocenters. The summed E-state index contributed by atoms with van der Waals surface area (Å²) in [5.41, 5.74) is 0. The summed E-state index contributed by atoms with van der Waals surface area (Å²) in [6.07, 6.45) is 6.43. The first-order chi connectivity index (χ1) is 12.2. The molecule has 0 saturated carbocycles. The van der Waals surface area contributed by atoms with Gasteiger partial charge in [-0.15, -0.1) is 0 Å². The third-order valence-corrected chi connectivity index (χ3v) is 4.59. The highest BCUT2D eigenvalue weighted by Gasteiger charge is 2.24. The van der Waals surface area contributed by atoms with Crippen LogP contribution in [0.4, 0.5) is 4.39 Å². The van der Waals surface area contributed by atoms with E-state index in [0.29, 0.717) is 31.4 Å². The fourth-order valence-corrected chi connectivity index (χ4v) is 3.22. The normalized spacial score (nSPS) is 17.5. The minimum Gasteiger partial charge on any atom is -0.493 e. The topological polar surface area (TPSA) is 47.4 Å². The van der Waals surface area contributed by atoms with Crippen LogP contribution in [0, 0.1) is 11.7 Å². The van der Waals surface area contributed by atoms with E-state index in [4.69, 9.17) is 4.74 Å². The third-order valence-electron chi connectivity index (χ3n) is 4.59. The van der Waals surface area contributed by atoms with Crippen molar-refractivity contribution in [3.8, 4) is 5.75 Å². The summed E-state index contributed by atoms with van der Waals surface area (Å²) in [6, 6.07) is 6.05. The van der Waals surface area contributed by atoms with Gasteiger partial charge < -0.3 is 14.2 Å². The molecule has 1 atom stereocenters. The number of nitrogens with zero attached hydrogens (tertiary/aromatic N) is 3. The molecule has 25 heavy (non-hydrogen) atoms. The summed E-state index contributed by atoms with van der Waals surface area (Å²) in [7, 11) is 0. The van der Waals surface area contributed by atoms with Crippen molar-refractivity contribution < 1.29 is 13.9 Å². The van der Waals surface area contributed by atoms with E-state index in [1.54, 1.807) is 18.3 Å². The lowest BCUT2D eigenvalue weighted by Crippen LogP contribution is -2.43. The van der Waals surface area contributed by atoms with Gasteiger partial charge in [0.1, 0.15) is 23.9 Å². The lowest BCUT2D eigenvalue weighted by Gasteiger charge is -2.33. The molecule has 5 nitrogen and oxygen atoms in total. The predicted octanol–water partition coefficient (Wildman–Crippen LogP) is 2.90. The Labute approximate surface area is 147 Å². The minimum atomic E-state index is -0.271. The molecule has 2 aromatic rings. The fourth-order valence-electron chi connectivity index (χ4n) is 3.22. The predicted molar refractivity (Wildman–Crippen MR) is 92.8 cm³/mol. The molecule has 1 saturated heterocycles. The second kappa shape index (κ2) is 8.14. The molecule has 1 aromatic heterocycles. The summed E-state index contributed by atoms with van der Waals surface area (Å²) in [4.78, 5) is 18.8. The number of ether oxygens (including phenoxy) is 1. The molecule has 0 spiro atoms. The van der Waals surface area contributed by atoms with E-state index >= 15 is 0 Å². The highest BCUT2D eigenvalue weighted by atomic mass is 19.1. The maximum Gasteiger partial charge on any atom is 0.242 e. The second-order valence-corrected chi connectivity index (χ2v) is 6.44. The van der Waals surface area contributed by atoms with Crippen LogP contribution in [-0.2, 0) is 17.8 Å². The monoisotopic (exact) mass is 345 g/mol. The van der Waals surface area contributed by atoms with Crippen LogP contribution in [0.2, 0.25) is 0 Å². The molecule has 2 heterocycles. The number of halogens is 1.